The van der Waals surface area contributed by atoms with Crippen LogP contribution < -0.4 is 21.3 Å². The molecule has 0 N–H and O–H groups in total. The van der Waals surface area contributed by atoms with Crippen LogP contribution in [0.5, 0.6) is 0 Å². The van der Waals surface area contributed by atoms with Gasteiger partial charge in [0.05, 0.1) is 0 Å². The summed E-state index contributed by atoms with van der Waals surface area (Å²) in [6, 6.07) is 51.9. The van der Waals surface area contributed by atoms with Crippen LogP contribution in [0.4, 0.5) is 17.1 Å². The fraction of sp³-hybridized carbons (Fsp3) is 0.0870. The minimum Gasteiger partial charge on any atom is -0.456 e. The Morgan fingerprint density at radius 3 is 2.12 bits per heavy atom. The maximum Gasteiger partial charge on any atom is 0.249 e. The molecule has 0 unspecified atom stereocenters. The molecule has 0 bridgehead atoms. The minimum absolute atomic E-state index is 0.0673. The van der Waals surface area contributed by atoms with Crippen LogP contribution in [0, 0.1) is 0 Å². The molecule has 0 spiro atoms. The number of hydrogen-bond acceptors (Lipinski definition) is 2. The van der Waals surface area contributed by atoms with E-state index in [2.05, 4.69) is 165 Å². The van der Waals surface area contributed by atoms with Gasteiger partial charge >= 0.3 is 0 Å². The number of para-hydroxylation sites is 1. The lowest BCUT2D eigenvalue weighted by Gasteiger charge is -2.42. The van der Waals surface area contributed by atoms with Crippen molar-refractivity contribution in [2.75, 3.05) is 4.90 Å². The van der Waals surface area contributed by atoms with Crippen molar-refractivity contribution in [3.8, 4) is 11.1 Å². The number of nitrogens with zero attached hydrogens (tertiary/aromatic N) is 1. The van der Waals surface area contributed by atoms with Crippen LogP contribution in [0.3, 0.4) is 0 Å². The Morgan fingerprint density at radius 1 is 0.531 bits per heavy atom. The van der Waals surface area contributed by atoms with E-state index < -0.39 is 0 Å². The monoisotopic (exact) mass is 625 g/mol. The summed E-state index contributed by atoms with van der Waals surface area (Å²) in [5.74, 6) is 0. The van der Waals surface area contributed by atoms with Gasteiger partial charge in [0.25, 0.3) is 0 Å². The molecule has 0 radical (unpaired) electrons. The predicted octanol–water partition coefficient (Wildman–Crippen LogP) is 10.6. The number of rotatable bonds is 1. The zero-order valence-corrected chi connectivity index (χ0v) is 27.7. The molecular weight excluding hydrogens is 593 g/mol. The first-order valence-electron chi connectivity index (χ1n) is 17.3. The average Bonchev–Trinajstić information content (AvgIpc) is 3.50. The van der Waals surface area contributed by atoms with Crippen LogP contribution in [0.2, 0.25) is 0 Å². The summed E-state index contributed by atoms with van der Waals surface area (Å²) in [5.41, 5.74) is 13.6. The zero-order chi connectivity index (χ0) is 32.6. The highest BCUT2D eigenvalue weighted by molar-refractivity contribution is 7.02. The highest BCUT2D eigenvalue weighted by Gasteiger charge is 2.43. The average molecular weight is 626 g/mol. The molecule has 2 aliphatic heterocycles. The Hall–Kier alpha value is -5.80. The second-order valence-electron chi connectivity index (χ2n) is 14.9. The van der Waals surface area contributed by atoms with Crippen LogP contribution in [-0.2, 0) is 5.41 Å². The van der Waals surface area contributed by atoms with Gasteiger partial charge in [0, 0.05) is 33.4 Å². The van der Waals surface area contributed by atoms with Crippen molar-refractivity contribution in [2.45, 2.75) is 26.2 Å². The van der Waals surface area contributed by atoms with E-state index in [4.69, 9.17) is 4.42 Å². The Morgan fingerprint density at radius 2 is 1.27 bits per heavy atom. The predicted molar refractivity (Wildman–Crippen MR) is 210 cm³/mol. The molecule has 1 aromatic heterocycles. The van der Waals surface area contributed by atoms with Gasteiger partial charge in [0.2, 0.25) is 6.71 Å². The highest BCUT2D eigenvalue weighted by atomic mass is 16.3. The molecule has 0 fully saturated rings. The van der Waals surface area contributed by atoms with Crippen molar-refractivity contribution < 1.29 is 4.42 Å². The molecule has 0 saturated heterocycles. The molecule has 230 valence electrons. The topological polar surface area (TPSA) is 16.4 Å². The van der Waals surface area contributed by atoms with Crippen LogP contribution >= 0.6 is 0 Å². The summed E-state index contributed by atoms with van der Waals surface area (Å²) in [6.45, 7) is 7.08. The van der Waals surface area contributed by atoms with Gasteiger partial charge < -0.3 is 9.32 Å². The first-order valence-corrected chi connectivity index (χ1v) is 17.3. The molecule has 11 rings (SSSR count). The second-order valence-corrected chi connectivity index (χ2v) is 14.9. The summed E-state index contributed by atoms with van der Waals surface area (Å²) < 4.78 is 6.61. The van der Waals surface area contributed by atoms with Gasteiger partial charge in [-0.2, -0.15) is 0 Å². The van der Waals surface area contributed by atoms with Gasteiger partial charge in [-0.1, -0.05) is 129 Å². The van der Waals surface area contributed by atoms with E-state index in [1.165, 1.54) is 93.2 Å². The van der Waals surface area contributed by atoms with E-state index in [9.17, 15) is 0 Å². The first-order chi connectivity index (χ1) is 23.9. The van der Waals surface area contributed by atoms with Crippen molar-refractivity contribution in [1.82, 2.24) is 0 Å². The van der Waals surface area contributed by atoms with Crippen molar-refractivity contribution in [2.24, 2.45) is 0 Å². The molecule has 0 atom stereocenters. The van der Waals surface area contributed by atoms with Crippen molar-refractivity contribution >= 4 is 94.4 Å². The normalized spacial score (nSPS) is 13.5. The van der Waals surface area contributed by atoms with E-state index in [0.717, 1.165) is 11.2 Å². The van der Waals surface area contributed by atoms with Crippen molar-refractivity contribution in [3.63, 3.8) is 0 Å². The van der Waals surface area contributed by atoms with E-state index in [1.54, 1.807) is 0 Å². The molecule has 0 aliphatic carbocycles. The Balaban J connectivity index is 1.37. The summed E-state index contributed by atoms with van der Waals surface area (Å²) in [7, 11) is 0. The standard InChI is InChI=1S/C46H32BNO/c1-46(2,3)31-25-35-43-41-30(24-40-42(43)34-16-8-9-18-39(34)49-40)14-10-17-36(41)47-44-33-15-7-6-12-28(33)20-22-37(44)48(38(26-31)45(35)47)32-21-19-27-11-4-5-13-29(27)23-32/h4-26H,1-3H3. The molecule has 3 heterocycles. The summed E-state index contributed by atoms with van der Waals surface area (Å²) in [5, 5.41) is 10.0. The second kappa shape index (κ2) is 9.42. The third kappa shape index (κ3) is 3.62. The Kier molecular flexibility index (Phi) is 5.23. The van der Waals surface area contributed by atoms with E-state index >= 15 is 0 Å². The van der Waals surface area contributed by atoms with Crippen molar-refractivity contribution in [3.05, 3.63) is 145 Å². The fourth-order valence-corrected chi connectivity index (χ4v) is 8.93. The summed E-state index contributed by atoms with van der Waals surface area (Å²) in [4.78, 5) is 2.55. The third-order valence-corrected chi connectivity index (χ3v) is 11.1. The number of fused-ring (bicyclic) bond motifs is 11. The molecular formula is C46H32BNO. The molecule has 0 saturated carbocycles. The van der Waals surface area contributed by atoms with Crippen molar-refractivity contribution in [1.29, 1.82) is 0 Å². The van der Waals surface area contributed by atoms with Crippen LogP contribution in [-0.4, -0.2) is 6.71 Å². The van der Waals surface area contributed by atoms with Crippen LogP contribution in [0.1, 0.15) is 26.3 Å². The van der Waals surface area contributed by atoms with Gasteiger partial charge in [-0.3, -0.25) is 0 Å². The zero-order valence-electron chi connectivity index (χ0n) is 27.7. The largest absolute Gasteiger partial charge is 0.456 e. The van der Waals surface area contributed by atoms with E-state index in [1.807, 2.05) is 0 Å². The molecule has 0 amide bonds. The van der Waals surface area contributed by atoms with E-state index in [-0.39, 0.29) is 12.1 Å². The molecule has 8 aromatic carbocycles. The van der Waals surface area contributed by atoms with Gasteiger partial charge in [0.1, 0.15) is 11.2 Å². The summed E-state index contributed by atoms with van der Waals surface area (Å²) in [6.07, 6.45) is 0. The van der Waals surface area contributed by atoms with Gasteiger partial charge in [-0.15, -0.1) is 0 Å². The quantitative estimate of drug-likeness (QED) is 0.169. The van der Waals surface area contributed by atoms with Crippen LogP contribution in [0.15, 0.2) is 144 Å². The third-order valence-electron chi connectivity index (χ3n) is 11.1. The maximum absolute atomic E-state index is 6.61. The number of furan rings is 1. The molecule has 2 nitrogen and oxygen atoms in total. The maximum atomic E-state index is 6.61. The molecule has 49 heavy (non-hydrogen) atoms. The highest BCUT2D eigenvalue weighted by Crippen LogP contribution is 2.48. The Bertz CT molecular complexity index is 2890. The summed E-state index contributed by atoms with van der Waals surface area (Å²) >= 11 is 0. The molecule has 9 aromatic rings. The van der Waals surface area contributed by atoms with E-state index in [0.29, 0.717) is 0 Å². The number of anilines is 3. The fourth-order valence-electron chi connectivity index (χ4n) is 8.93. The molecule has 2 aliphatic rings. The Labute approximate surface area is 285 Å². The van der Waals surface area contributed by atoms with Crippen LogP contribution in [0.25, 0.3) is 65.4 Å². The van der Waals surface area contributed by atoms with Gasteiger partial charge in [-0.05, 0) is 96.2 Å². The minimum atomic E-state index is -0.0673. The first kappa shape index (κ1) is 27.2. The number of hydrogen-bond donors (Lipinski definition) is 0. The SMILES string of the molecule is CC(C)(C)c1cc2c3c(c1)N(c1ccc4ccccc4c1)c1ccc4ccccc4c1B3c1cccc3cc4oc5ccccc5c4c-2c13. The number of benzene rings is 8. The lowest BCUT2D eigenvalue weighted by atomic mass is 9.31. The van der Waals surface area contributed by atoms with Gasteiger partial charge in [0.15, 0.2) is 0 Å². The van der Waals surface area contributed by atoms with Gasteiger partial charge in [-0.25, -0.2) is 0 Å². The smallest absolute Gasteiger partial charge is 0.249 e. The lowest BCUT2D eigenvalue weighted by molar-refractivity contribution is 0.591. The molecule has 3 heteroatoms. The lowest BCUT2D eigenvalue weighted by Crippen LogP contribution is -2.59.